The molecule has 146 valence electrons. The molecular weight excluding hydrogens is 364 g/mol. The van der Waals surface area contributed by atoms with Crippen molar-refractivity contribution in [3.05, 3.63) is 47.9 Å². The molecule has 2 aromatic rings. The molecule has 0 amide bonds. The number of β-amino-alcohol motifs (C(OH)–C–C–N with tert-alkyl or cyclic N) is 1. The third kappa shape index (κ3) is 4.82. The molecule has 1 unspecified atom stereocenters. The SMILES string of the molecule is Cc1nccc(N2CCN(CC(C)(O)c3ccc(S(C)(=O)=O)cc3)CC2)n1. The number of anilines is 1. The van der Waals surface area contributed by atoms with Gasteiger partial charge in [-0.1, -0.05) is 12.1 Å². The van der Waals surface area contributed by atoms with E-state index in [1.807, 2.05) is 13.0 Å². The van der Waals surface area contributed by atoms with Crippen LogP contribution >= 0.6 is 0 Å². The molecule has 0 aliphatic carbocycles. The molecule has 0 radical (unpaired) electrons. The van der Waals surface area contributed by atoms with Crippen molar-refractivity contribution in [2.75, 3.05) is 43.9 Å². The third-order valence-electron chi connectivity index (χ3n) is 4.89. The van der Waals surface area contributed by atoms with Gasteiger partial charge in [-0.2, -0.15) is 0 Å². The molecule has 27 heavy (non-hydrogen) atoms. The Morgan fingerprint density at radius 2 is 1.74 bits per heavy atom. The van der Waals surface area contributed by atoms with Gasteiger partial charge in [0.05, 0.1) is 10.5 Å². The van der Waals surface area contributed by atoms with Crippen molar-refractivity contribution in [1.29, 1.82) is 0 Å². The first kappa shape index (κ1) is 19.7. The summed E-state index contributed by atoms with van der Waals surface area (Å²) >= 11 is 0. The van der Waals surface area contributed by atoms with Crippen LogP contribution in [0.15, 0.2) is 41.4 Å². The van der Waals surface area contributed by atoms with E-state index < -0.39 is 15.4 Å². The van der Waals surface area contributed by atoms with Crippen LogP contribution in [-0.4, -0.2) is 67.4 Å². The van der Waals surface area contributed by atoms with Crippen LogP contribution in [-0.2, 0) is 15.4 Å². The highest BCUT2D eigenvalue weighted by molar-refractivity contribution is 7.90. The Labute approximate surface area is 160 Å². The Hall–Kier alpha value is -2.03. The number of rotatable bonds is 5. The average Bonchev–Trinajstić information content (AvgIpc) is 2.61. The molecule has 7 nitrogen and oxygen atoms in total. The summed E-state index contributed by atoms with van der Waals surface area (Å²) < 4.78 is 23.2. The van der Waals surface area contributed by atoms with E-state index in [1.54, 1.807) is 37.4 Å². The molecule has 1 aliphatic rings. The number of hydrogen-bond acceptors (Lipinski definition) is 7. The van der Waals surface area contributed by atoms with E-state index in [1.165, 1.54) is 6.26 Å². The summed E-state index contributed by atoms with van der Waals surface area (Å²) in [5, 5.41) is 10.9. The number of benzene rings is 1. The quantitative estimate of drug-likeness (QED) is 0.821. The van der Waals surface area contributed by atoms with Crippen molar-refractivity contribution < 1.29 is 13.5 Å². The molecule has 1 saturated heterocycles. The van der Waals surface area contributed by atoms with Gasteiger partial charge in [0.15, 0.2) is 9.84 Å². The molecule has 1 aliphatic heterocycles. The molecule has 2 heterocycles. The molecule has 0 bridgehead atoms. The fourth-order valence-electron chi connectivity index (χ4n) is 3.34. The summed E-state index contributed by atoms with van der Waals surface area (Å²) in [6.07, 6.45) is 2.95. The molecule has 1 aromatic carbocycles. The lowest BCUT2D eigenvalue weighted by Gasteiger charge is -2.39. The fraction of sp³-hybridized carbons (Fsp3) is 0.474. The monoisotopic (exact) mass is 390 g/mol. The van der Waals surface area contributed by atoms with E-state index in [0.29, 0.717) is 12.1 Å². The fourth-order valence-corrected chi connectivity index (χ4v) is 3.97. The first-order valence-corrected chi connectivity index (χ1v) is 10.8. The summed E-state index contributed by atoms with van der Waals surface area (Å²) in [5.41, 5.74) is -0.340. The van der Waals surface area contributed by atoms with E-state index in [-0.39, 0.29) is 4.90 Å². The van der Waals surface area contributed by atoms with E-state index in [9.17, 15) is 13.5 Å². The van der Waals surface area contributed by atoms with E-state index in [4.69, 9.17) is 0 Å². The average molecular weight is 391 g/mol. The maximum atomic E-state index is 11.6. The second-order valence-electron chi connectivity index (χ2n) is 7.30. The maximum absolute atomic E-state index is 11.6. The van der Waals surface area contributed by atoms with Crippen LogP contribution < -0.4 is 4.90 Å². The predicted molar refractivity (Wildman–Crippen MR) is 105 cm³/mol. The lowest BCUT2D eigenvalue weighted by atomic mass is 9.95. The number of sulfone groups is 1. The van der Waals surface area contributed by atoms with Gasteiger partial charge in [-0.05, 0) is 37.6 Å². The third-order valence-corrected chi connectivity index (χ3v) is 6.02. The van der Waals surface area contributed by atoms with Crippen LogP contribution in [0.25, 0.3) is 0 Å². The van der Waals surface area contributed by atoms with Crippen molar-refractivity contribution in [1.82, 2.24) is 14.9 Å². The van der Waals surface area contributed by atoms with Crippen molar-refractivity contribution in [2.24, 2.45) is 0 Å². The number of nitrogens with zero attached hydrogens (tertiary/aromatic N) is 4. The number of hydrogen-bond donors (Lipinski definition) is 1. The zero-order valence-electron chi connectivity index (χ0n) is 16.0. The highest BCUT2D eigenvalue weighted by Gasteiger charge is 2.29. The van der Waals surface area contributed by atoms with Crippen LogP contribution in [0.1, 0.15) is 18.3 Å². The van der Waals surface area contributed by atoms with Crippen LogP contribution in [0.5, 0.6) is 0 Å². The summed E-state index contributed by atoms with van der Waals surface area (Å²) in [6, 6.07) is 8.40. The van der Waals surface area contributed by atoms with Crippen LogP contribution in [0.2, 0.25) is 0 Å². The number of piperazine rings is 1. The summed E-state index contributed by atoms with van der Waals surface area (Å²) in [5.74, 6) is 1.70. The van der Waals surface area contributed by atoms with Gasteiger partial charge < -0.3 is 10.0 Å². The zero-order chi connectivity index (χ0) is 19.7. The van der Waals surface area contributed by atoms with Crippen LogP contribution in [0.4, 0.5) is 5.82 Å². The minimum absolute atomic E-state index is 0.260. The van der Waals surface area contributed by atoms with E-state index in [0.717, 1.165) is 37.8 Å². The summed E-state index contributed by atoms with van der Waals surface area (Å²) in [4.78, 5) is 13.3. The Kier molecular flexibility index (Phi) is 5.50. The van der Waals surface area contributed by atoms with Crippen LogP contribution in [0, 0.1) is 6.92 Å². The molecule has 8 heteroatoms. The lowest BCUT2D eigenvalue weighted by Crippen LogP contribution is -2.50. The van der Waals surface area contributed by atoms with Crippen molar-refractivity contribution in [3.8, 4) is 0 Å². The Balaban J connectivity index is 1.62. The number of aliphatic hydroxyl groups is 1. The maximum Gasteiger partial charge on any atom is 0.175 e. The first-order chi connectivity index (χ1) is 12.6. The Morgan fingerprint density at radius 1 is 1.11 bits per heavy atom. The van der Waals surface area contributed by atoms with E-state index in [2.05, 4.69) is 19.8 Å². The molecule has 0 spiro atoms. The largest absolute Gasteiger partial charge is 0.384 e. The van der Waals surface area contributed by atoms with Gasteiger partial charge in [0.25, 0.3) is 0 Å². The van der Waals surface area contributed by atoms with Gasteiger partial charge in [-0.3, -0.25) is 4.90 Å². The van der Waals surface area contributed by atoms with Gasteiger partial charge in [0.2, 0.25) is 0 Å². The molecule has 1 atom stereocenters. The normalized spacial score (nSPS) is 18.3. The zero-order valence-corrected chi connectivity index (χ0v) is 16.8. The van der Waals surface area contributed by atoms with Gasteiger partial charge >= 0.3 is 0 Å². The Morgan fingerprint density at radius 3 is 2.30 bits per heavy atom. The van der Waals surface area contributed by atoms with Gasteiger partial charge in [0, 0.05) is 45.2 Å². The number of aromatic nitrogens is 2. The van der Waals surface area contributed by atoms with Gasteiger partial charge in [-0.15, -0.1) is 0 Å². The summed E-state index contributed by atoms with van der Waals surface area (Å²) in [6.45, 7) is 7.44. The highest BCUT2D eigenvalue weighted by atomic mass is 32.2. The molecule has 1 fully saturated rings. The van der Waals surface area contributed by atoms with Crippen molar-refractivity contribution in [2.45, 2.75) is 24.3 Å². The standard InChI is InChI=1S/C19H26N4O3S/c1-15-20-9-8-18(21-15)23-12-10-22(11-13-23)14-19(2,24)16-4-6-17(7-5-16)27(3,25)26/h4-9,24H,10-14H2,1-3H3. The van der Waals surface area contributed by atoms with Crippen molar-refractivity contribution in [3.63, 3.8) is 0 Å². The highest BCUT2D eigenvalue weighted by Crippen LogP contribution is 2.24. The van der Waals surface area contributed by atoms with Crippen LogP contribution in [0.3, 0.4) is 0 Å². The molecule has 1 N–H and O–H groups in total. The van der Waals surface area contributed by atoms with Gasteiger partial charge in [-0.25, -0.2) is 18.4 Å². The predicted octanol–water partition coefficient (Wildman–Crippen LogP) is 1.22. The summed E-state index contributed by atoms with van der Waals surface area (Å²) in [7, 11) is -3.24. The Bertz CT molecular complexity index is 889. The number of aryl methyl sites for hydroxylation is 1. The topological polar surface area (TPSA) is 86.6 Å². The van der Waals surface area contributed by atoms with E-state index >= 15 is 0 Å². The minimum Gasteiger partial charge on any atom is -0.384 e. The lowest BCUT2D eigenvalue weighted by molar-refractivity contribution is 0.0142. The van der Waals surface area contributed by atoms with Crippen molar-refractivity contribution >= 4 is 15.7 Å². The molecule has 0 saturated carbocycles. The molecular formula is C19H26N4O3S. The van der Waals surface area contributed by atoms with Gasteiger partial charge in [0.1, 0.15) is 11.6 Å². The molecule has 1 aromatic heterocycles. The first-order valence-electron chi connectivity index (χ1n) is 8.95. The smallest absolute Gasteiger partial charge is 0.175 e. The second-order valence-corrected chi connectivity index (χ2v) is 9.31. The second kappa shape index (κ2) is 7.53. The molecule has 3 rings (SSSR count). The minimum atomic E-state index is -3.24.